The molecule has 0 saturated heterocycles. The molecule has 0 amide bonds. The van der Waals surface area contributed by atoms with Crippen LogP contribution in [0, 0.1) is 11.8 Å². The summed E-state index contributed by atoms with van der Waals surface area (Å²) in [5.74, 6) is -1.23. The van der Waals surface area contributed by atoms with Gasteiger partial charge in [-0.15, -0.1) is 0 Å². The van der Waals surface area contributed by atoms with Gasteiger partial charge < -0.3 is 9.90 Å². The molecule has 0 spiro atoms. The number of halogens is 1. The smallest absolute Gasteiger partial charge is 0.162 e. The van der Waals surface area contributed by atoms with Gasteiger partial charge in [-0.2, -0.15) is 0 Å². The zero-order valence-corrected chi connectivity index (χ0v) is 15.0. The van der Waals surface area contributed by atoms with Crippen LogP contribution in [0.15, 0.2) is 34.3 Å². The van der Waals surface area contributed by atoms with E-state index < -0.39 is 5.97 Å². The van der Waals surface area contributed by atoms with Crippen LogP contribution in [0.4, 0.5) is 0 Å². The Bertz CT molecular complexity index is 589. The number of carboxylic acids is 1. The molecule has 1 aromatic rings. The molecule has 0 unspecified atom stereocenters. The fraction of sp³-hybridized carbons (Fsp3) is 0.474. The van der Waals surface area contributed by atoms with Crippen molar-refractivity contribution in [2.45, 2.75) is 45.4 Å². The predicted molar refractivity (Wildman–Crippen MR) is 92.5 cm³/mol. The number of aliphatic carboxylic acids is 1. The molecule has 1 saturated carbocycles. The molecule has 4 heteroatoms. The van der Waals surface area contributed by atoms with Gasteiger partial charge in [-0.05, 0) is 54.5 Å². The lowest BCUT2D eigenvalue weighted by Crippen LogP contribution is -2.27. The van der Waals surface area contributed by atoms with Crippen molar-refractivity contribution < 1.29 is 14.7 Å². The summed E-state index contributed by atoms with van der Waals surface area (Å²) in [4.78, 5) is 23.7. The molecule has 124 valence electrons. The molecular weight excluding hydrogens is 356 g/mol. The summed E-state index contributed by atoms with van der Waals surface area (Å²) in [5, 5.41) is 11.0. The standard InChI is InChI=1S/C19H23BrO3/c1-2-3-4-5-17-14(12-18(21)22)11-15(19(17)23)10-13-6-8-16(20)9-7-13/h6-10,14,17H,2-5,11-12H2,1H3,(H,21,22)/p-1/t14-,17+/m1/s1. The Kier molecular flexibility index (Phi) is 6.58. The Morgan fingerprint density at radius 1 is 1.30 bits per heavy atom. The number of carbonyl (C=O) groups is 2. The first-order valence-electron chi connectivity index (χ1n) is 8.21. The van der Waals surface area contributed by atoms with E-state index in [4.69, 9.17) is 0 Å². The van der Waals surface area contributed by atoms with E-state index in [0.29, 0.717) is 6.42 Å². The molecule has 0 bridgehead atoms. The van der Waals surface area contributed by atoms with Crippen molar-refractivity contribution in [3.63, 3.8) is 0 Å². The molecule has 1 aliphatic carbocycles. The molecular formula is C19H22BrO3-. The second-order valence-electron chi connectivity index (χ2n) is 6.23. The molecule has 1 aromatic carbocycles. The van der Waals surface area contributed by atoms with E-state index >= 15 is 0 Å². The number of carbonyl (C=O) groups excluding carboxylic acids is 2. The summed E-state index contributed by atoms with van der Waals surface area (Å²) < 4.78 is 0.990. The molecule has 0 aliphatic heterocycles. The first-order valence-corrected chi connectivity index (χ1v) is 9.00. The molecule has 1 fully saturated rings. The summed E-state index contributed by atoms with van der Waals surface area (Å²) in [6, 6.07) is 7.76. The van der Waals surface area contributed by atoms with Gasteiger partial charge in [-0.1, -0.05) is 54.2 Å². The molecule has 0 N–H and O–H groups in total. The SMILES string of the molecule is CCCCC[C@@H]1C(=O)C(=Cc2ccc(Br)cc2)C[C@@H]1CC(=O)[O-]. The van der Waals surface area contributed by atoms with Gasteiger partial charge in [0.2, 0.25) is 0 Å². The maximum absolute atomic E-state index is 12.7. The molecule has 0 aromatic heterocycles. The van der Waals surface area contributed by atoms with E-state index in [9.17, 15) is 14.7 Å². The first kappa shape index (κ1) is 17.9. The maximum Gasteiger partial charge on any atom is 0.162 e. The van der Waals surface area contributed by atoms with Gasteiger partial charge >= 0.3 is 0 Å². The number of benzene rings is 1. The zero-order chi connectivity index (χ0) is 16.8. The van der Waals surface area contributed by atoms with Crippen LogP contribution in [-0.2, 0) is 9.59 Å². The van der Waals surface area contributed by atoms with Crippen molar-refractivity contribution in [2.75, 3.05) is 0 Å². The molecule has 0 heterocycles. The highest BCUT2D eigenvalue weighted by molar-refractivity contribution is 9.10. The van der Waals surface area contributed by atoms with Gasteiger partial charge in [-0.3, -0.25) is 4.79 Å². The Morgan fingerprint density at radius 2 is 2.00 bits per heavy atom. The van der Waals surface area contributed by atoms with Crippen LogP contribution in [0.25, 0.3) is 6.08 Å². The molecule has 1 aliphatic rings. The van der Waals surface area contributed by atoms with Crippen LogP contribution in [0.5, 0.6) is 0 Å². The zero-order valence-electron chi connectivity index (χ0n) is 13.4. The van der Waals surface area contributed by atoms with E-state index in [1.54, 1.807) is 0 Å². The van der Waals surface area contributed by atoms with Crippen molar-refractivity contribution in [1.29, 1.82) is 0 Å². The van der Waals surface area contributed by atoms with Crippen molar-refractivity contribution in [3.8, 4) is 0 Å². The fourth-order valence-electron chi connectivity index (χ4n) is 3.28. The van der Waals surface area contributed by atoms with Crippen LogP contribution in [0.2, 0.25) is 0 Å². The summed E-state index contributed by atoms with van der Waals surface area (Å²) in [7, 11) is 0. The number of unbranched alkanes of at least 4 members (excludes halogenated alkanes) is 2. The van der Waals surface area contributed by atoms with E-state index in [-0.39, 0.29) is 24.0 Å². The number of ketones is 1. The minimum Gasteiger partial charge on any atom is -0.550 e. The maximum atomic E-state index is 12.7. The Labute approximate surface area is 145 Å². The van der Waals surface area contributed by atoms with E-state index in [1.807, 2.05) is 30.3 Å². The normalized spacial score (nSPS) is 22.7. The lowest BCUT2D eigenvalue weighted by molar-refractivity contribution is -0.307. The number of carboxylic acid groups (broad SMARTS) is 1. The van der Waals surface area contributed by atoms with Crippen LogP contribution >= 0.6 is 15.9 Å². The topological polar surface area (TPSA) is 57.2 Å². The number of hydrogen-bond donors (Lipinski definition) is 0. The van der Waals surface area contributed by atoms with Crippen LogP contribution in [0.3, 0.4) is 0 Å². The van der Waals surface area contributed by atoms with E-state index in [0.717, 1.165) is 41.3 Å². The van der Waals surface area contributed by atoms with Crippen molar-refractivity contribution in [2.24, 2.45) is 11.8 Å². The number of allylic oxidation sites excluding steroid dienone is 1. The monoisotopic (exact) mass is 377 g/mol. The fourth-order valence-corrected chi connectivity index (χ4v) is 3.54. The Balaban J connectivity index is 2.16. The second-order valence-corrected chi connectivity index (χ2v) is 7.14. The van der Waals surface area contributed by atoms with Crippen molar-refractivity contribution >= 4 is 33.8 Å². The average molecular weight is 378 g/mol. The van der Waals surface area contributed by atoms with Gasteiger partial charge in [0.15, 0.2) is 5.78 Å². The lowest BCUT2D eigenvalue weighted by Gasteiger charge is -2.17. The summed E-state index contributed by atoms with van der Waals surface area (Å²) in [6.07, 6.45) is 6.34. The summed E-state index contributed by atoms with van der Waals surface area (Å²) >= 11 is 3.39. The van der Waals surface area contributed by atoms with Gasteiger partial charge in [-0.25, -0.2) is 0 Å². The highest BCUT2D eigenvalue weighted by Crippen LogP contribution is 2.39. The van der Waals surface area contributed by atoms with Gasteiger partial charge in [0, 0.05) is 16.4 Å². The summed E-state index contributed by atoms with van der Waals surface area (Å²) in [6.45, 7) is 2.12. The molecule has 0 radical (unpaired) electrons. The lowest BCUT2D eigenvalue weighted by atomic mass is 9.88. The van der Waals surface area contributed by atoms with E-state index in [1.165, 1.54) is 0 Å². The number of rotatable bonds is 7. The Morgan fingerprint density at radius 3 is 2.61 bits per heavy atom. The largest absolute Gasteiger partial charge is 0.550 e. The minimum absolute atomic E-state index is 0.0276. The van der Waals surface area contributed by atoms with Gasteiger partial charge in [0.1, 0.15) is 0 Å². The minimum atomic E-state index is -1.06. The molecule has 2 atom stereocenters. The van der Waals surface area contributed by atoms with Gasteiger partial charge in [0.25, 0.3) is 0 Å². The van der Waals surface area contributed by atoms with Gasteiger partial charge in [0.05, 0.1) is 0 Å². The van der Waals surface area contributed by atoms with E-state index in [2.05, 4.69) is 22.9 Å². The quantitative estimate of drug-likeness (QED) is 0.536. The van der Waals surface area contributed by atoms with Crippen molar-refractivity contribution in [1.82, 2.24) is 0 Å². The number of Topliss-reactive ketones (excluding diaryl/α,β-unsaturated/α-hetero) is 1. The highest BCUT2D eigenvalue weighted by Gasteiger charge is 2.37. The highest BCUT2D eigenvalue weighted by atomic mass is 79.9. The van der Waals surface area contributed by atoms with Crippen molar-refractivity contribution in [3.05, 3.63) is 39.9 Å². The molecule has 2 rings (SSSR count). The Hall–Kier alpha value is -1.42. The second kappa shape index (κ2) is 8.44. The van der Waals surface area contributed by atoms with Crippen LogP contribution < -0.4 is 5.11 Å². The summed E-state index contributed by atoms with van der Waals surface area (Å²) in [5.41, 5.74) is 1.72. The molecule has 23 heavy (non-hydrogen) atoms. The van der Waals surface area contributed by atoms with Crippen LogP contribution in [0.1, 0.15) is 51.0 Å². The third-order valence-electron chi connectivity index (χ3n) is 4.46. The first-order chi connectivity index (χ1) is 11.0. The third kappa shape index (κ3) is 5.03. The van der Waals surface area contributed by atoms with Crippen LogP contribution in [-0.4, -0.2) is 11.8 Å². The third-order valence-corrected chi connectivity index (χ3v) is 4.99. The number of hydrogen-bond acceptors (Lipinski definition) is 3. The molecule has 3 nitrogen and oxygen atoms in total. The predicted octanol–water partition coefficient (Wildman–Crippen LogP) is 3.76. The average Bonchev–Trinajstić information content (AvgIpc) is 2.78.